The third kappa shape index (κ3) is 2.68. The molecular weight excluding hydrogens is 300 g/mol. The maximum absolute atomic E-state index is 12.7. The Morgan fingerprint density at radius 2 is 2.21 bits per heavy atom. The molecule has 3 heterocycles. The van der Waals surface area contributed by atoms with Crippen molar-refractivity contribution in [2.45, 2.75) is 44.4 Å². The smallest absolute Gasteiger partial charge is 0.228 e. The van der Waals surface area contributed by atoms with Crippen LogP contribution >= 0.6 is 0 Å². The van der Waals surface area contributed by atoms with E-state index in [0.29, 0.717) is 6.42 Å². The predicted molar refractivity (Wildman–Crippen MR) is 90.5 cm³/mol. The second kappa shape index (κ2) is 5.96. The van der Waals surface area contributed by atoms with Gasteiger partial charge in [0.05, 0.1) is 12.1 Å². The van der Waals surface area contributed by atoms with Crippen LogP contribution in [-0.4, -0.2) is 38.8 Å². The van der Waals surface area contributed by atoms with Crippen molar-refractivity contribution in [1.82, 2.24) is 19.9 Å². The van der Waals surface area contributed by atoms with Crippen LogP contribution in [0.25, 0.3) is 0 Å². The number of hydrogen-bond donors (Lipinski definition) is 0. The predicted octanol–water partition coefficient (Wildman–Crippen LogP) is 2.23. The number of carbonyl (C=O) groups excluding carboxylic acids is 1. The lowest BCUT2D eigenvalue weighted by molar-refractivity contribution is -0.132. The largest absolute Gasteiger partial charge is 0.341 e. The zero-order valence-corrected chi connectivity index (χ0v) is 14.0. The van der Waals surface area contributed by atoms with Gasteiger partial charge in [-0.05, 0) is 50.3 Å². The highest BCUT2D eigenvalue weighted by molar-refractivity contribution is 5.78. The molecule has 1 saturated heterocycles. The highest BCUT2D eigenvalue weighted by atomic mass is 16.2. The SMILES string of the molecule is Cc1ncc2c(n1)C1(CCCN(C(=O)Cc3ccccn3)C1)CC2. The molecule has 5 nitrogen and oxygen atoms in total. The van der Waals surface area contributed by atoms with E-state index in [-0.39, 0.29) is 11.3 Å². The fraction of sp³-hybridized carbons (Fsp3) is 0.474. The molecule has 0 saturated carbocycles. The van der Waals surface area contributed by atoms with Gasteiger partial charge in [0.1, 0.15) is 5.82 Å². The Kier molecular flexibility index (Phi) is 3.79. The fourth-order valence-corrected chi connectivity index (χ4v) is 4.14. The summed E-state index contributed by atoms with van der Waals surface area (Å²) in [6.45, 7) is 3.56. The number of amides is 1. The first-order valence-electron chi connectivity index (χ1n) is 8.67. The topological polar surface area (TPSA) is 59.0 Å². The van der Waals surface area contributed by atoms with Gasteiger partial charge in [0.15, 0.2) is 0 Å². The average Bonchev–Trinajstić information content (AvgIpc) is 2.93. The van der Waals surface area contributed by atoms with E-state index in [1.165, 1.54) is 11.3 Å². The molecule has 1 spiro atoms. The van der Waals surface area contributed by atoms with Crippen molar-refractivity contribution in [3.63, 3.8) is 0 Å². The van der Waals surface area contributed by atoms with E-state index < -0.39 is 0 Å². The van der Waals surface area contributed by atoms with E-state index in [9.17, 15) is 4.79 Å². The molecule has 0 aromatic carbocycles. The van der Waals surface area contributed by atoms with E-state index in [0.717, 1.165) is 50.3 Å². The van der Waals surface area contributed by atoms with Crippen molar-refractivity contribution in [3.05, 3.63) is 53.4 Å². The summed E-state index contributed by atoms with van der Waals surface area (Å²) in [5.41, 5.74) is 3.32. The molecule has 1 unspecified atom stereocenters. The number of likely N-dealkylation sites (tertiary alicyclic amines) is 1. The summed E-state index contributed by atoms with van der Waals surface area (Å²) in [5.74, 6) is 0.999. The Labute approximate surface area is 142 Å². The Morgan fingerprint density at radius 1 is 1.29 bits per heavy atom. The molecule has 0 radical (unpaired) electrons. The normalized spacial score (nSPS) is 22.6. The van der Waals surface area contributed by atoms with Crippen LogP contribution in [0.4, 0.5) is 0 Å². The van der Waals surface area contributed by atoms with E-state index in [2.05, 4.69) is 9.97 Å². The van der Waals surface area contributed by atoms with Gasteiger partial charge in [0.25, 0.3) is 0 Å². The van der Waals surface area contributed by atoms with Crippen LogP contribution in [0.2, 0.25) is 0 Å². The number of fused-ring (bicyclic) bond motifs is 2. The molecule has 2 aromatic heterocycles. The van der Waals surface area contributed by atoms with Crippen LogP contribution in [0.3, 0.4) is 0 Å². The monoisotopic (exact) mass is 322 g/mol. The van der Waals surface area contributed by atoms with Crippen LogP contribution in [0.5, 0.6) is 0 Å². The lowest BCUT2D eigenvalue weighted by atomic mass is 9.77. The summed E-state index contributed by atoms with van der Waals surface area (Å²) in [6, 6.07) is 5.72. The van der Waals surface area contributed by atoms with Crippen molar-refractivity contribution < 1.29 is 4.79 Å². The quantitative estimate of drug-likeness (QED) is 0.851. The molecule has 0 bridgehead atoms. The number of rotatable bonds is 2. The van der Waals surface area contributed by atoms with Gasteiger partial charge in [0.2, 0.25) is 5.91 Å². The van der Waals surface area contributed by atoms with Gasteiger partial charge in [0, 0.05) is 36.6 Å². The van der Waals surface area contributed by atoms with Crippen LogP contribution in [0.15, 0.2) is 30.6 Å². The number of aromatic nitrogens is 3. The number of nitrogens with zero attached hydrogens (tertiary/aromatic N) is 4. The molecule has 1 amide bonds. The highest BCUT2D eigenvalue weighted by Crippen LogP contribution is 2.43. The van der Waals surface area contributed by atoms with Gasteiger partial charge in [-0.25, -0.2) is 9.97 Å². The maximum Gasteiger partial charge on any atom is 0.228 e. The summed E-state index contributed by atoms with van der Waals surface area (Å²) >= 11 is 0. The first-order valence-corrected chi connectivity index (χ1v) is 8.67. The van der Waals surface area contributed by atoms with Crippen molar-refractivity contribution in [2.24, 2.45) is 0 Å². The third-order valence-electron chi connectivity index (χ3n) is 5.35. The summed E-state index contributed by atoms with van der Waals surface area (Å²) in [5, 5.41) is 0. The van der Waals surface area contributed by atoms with Crippen LogP contribution < -0.4 is 0 Å². The molecule has 1 aliphatic heterocycles. The fourth-order valence-electron chi connectivity index (χ4n) is 4.14. The van der Waals surface area contributed by atoms with Gasteiger partial charge in [-0.3, -0.25) is 9.78 Å². The van der Waals surface area contributed by atoms with Crippen molar-refractivity contribution in [3.8, 4) is 0 Å². The lowest BCUT2D eigenvalue weighted by Gasteiger charge is -2.40. The number of hydrogen-bond acceptors (Lipinski definition) is 4. The maximum atomic E-state index is 12.7. The second-order valence-corrected chi connectivity index (χ2v) is 6.99. The van der Waals surface area contributed by atoms with Gasteiger partial charge in [-0.2, -0.15) is 0 Å². The van der Waals surface area contributed by atoms with Crippen molar-refractivity contribution >= 4 is 5.91 Å². The average molecular weight is 322 g/mol. The first kappa shape index (κ1) is 15.2. The molecule has 2 aliphatic rings. The molecular formula is C19H22N4O. The Hall–Kier alpha value is -2.30. The van der Waals surface area contributed by atoms with Gasteiger partial charge >= 0.3 is 0 Å². The van der Waals surface area contributed by atoms with Gasteiger partial charge in [-0.1, -0.05) is 6.07 Å². The summed E-state index contributed by atoms with van der Waals surface area (Å²) < 4.78 is 0. The van der Waals surface area contributed by atoms with Gasteiger partial charge in [-0.15, -0.1) is 0 Å². The van der Waals surface area contributed by atoms with Crippen LogP contribution in [-0.2, 0) is 23.1 Å². The zero-order valence-electron chi connectivity index (χ0n) is 14.0. The molecule has 124 valence electrons. The van der Waals surface area contributed by atoms with E-state index in [1.807, 2.05) is 36.2 Å². The summed E-state index contributed by atoms with van der Waals surface area (Å²) in [7, 11) is 0. The highest BCUT2D eigenvalue weighted by Gasteiger charge is 2.44. The zero-order chi connectivity index (χ0) is 16.6. The minimum absolute atomic E-state index is 0.0288. The number of carbonyl (C=O) groups is 1. The van der Waals surface area contributed by atoms with Crippen molar-refractivity contribution in [2.75, 3.05) is 13.1 Å². The molecule has 5 heteroatoms. The van der Waals surface area contributed by atoms with E-state index in [4.69, 9.17) is 4.98 Å². The van der Waals surface area contributed by atoms with Crippen LogP contribution in [0, 0.1) is 6.92 Å². The molecule has 2 aromatic rings. The molecule has 1 fully saturated rings. The summed E-state index contributed by atoms with van der Waals surface area (Å²) in [6.07, 6.45) is 8.35. The molecule has 1 atom stereocenters. The Bertz CT molecular complexity index is 757. The molecule has 4 rings (SSSR count). The number of pyridine rings is 1. The lowest BCUT2D eigenvalue weighted by Crippen LogP contribution is -2.48. The first-order chi connectivity index (χ1) is 11.7. The molecule has 1 aliphatic carbocycles. The standard InChI is InChI=1S/C19H22N4O/c1-14-21-12-15-6-8-19(18(15)22-14)7-4-10-23(13-19)17(24)11-16-5-2-3-9-20-16/h2-3,5,9,12H,4,6-8,10-11,13H2,1H3. The minimum Gasteiger partial charge on any atom is -0.341 e. The number of piperidine rings is 1. The minimum atomic E-state index is 0.0288. The number of aryl methyl sites for hydroxylation is 2. The van der Waals surface area contributed by atoms with E-state index >= 15 is 0 Å². The van der Waals surface area contributed by atoms with Crippen LogP contribution in [0.1, 0.15) is 42.0 Å². The van der Waals surface area contributed by atoms with E-state index in [1.54, 1.807) is 6.20 Å². The second-order valence-electron chi connectivity index (χ2n) is 6.99. The molecule has 24 heavy (non-hydrogen) atoms. The Morgan fingerprint density at radius 3 is 3.04 bits per heavy atom. The van der Waals surface area contributed by atoms with Crippen molar-refractivity contribution in [1.29, 1.82) is 0 Å². The molecule has 0 N–H and O–H groups in total. The third-order valence-corrected chi connectivity index (χ3v) is 5.35. The Balaban J connectivity index is 1.55. The summed E-state index contributed by atoms with van der Waals surface area (Å²) in [4.78, 5) is 28.1. The van der Waals surface area contributed by atoms with Gasteiger partial charge < -0.3 is 4.90 Å².